The quantitative estimate of drug-likeness (QED) is 0.228. The van der Waals surface area contributed by atoms with Crippen molar-refractivity contribution in [2.45, 2.75) is 0 Å². The first kappa shape index (κ1) is 21.2. The van der Waals surface area contributed by atoms with E-state index >= 15 is 0 Å². The Morgan fingerprint density at radius 2 is 1.33 bits per heavy atom. The van der Waals surface area contributed by atoms with Gasteiger partial charge in [0.15, 0.2) is 5.78 Å². The molecule has 2 aromatic carbocycles. The molecule has 0 spiro atoms. The molecule has 10 heteroatoms. The molecule has 0 aliphatic rings. The molecule has 0 saturated heterocycles. The second kappa shape index (κ2) is 8.73. The number of benzene rings is 2. The molecule has 0 fully saturated rings. The zero-order valence-electron chi connectivity index (χ0n) is 13.3. The van der Waals surface area contributed by atoms with Crippen molar-refractivity contribution in [3.8, 4) is 0 Å². The van der Waals surface area contributed by atoms with Gasteiger partial charge in [0, 0.05) is 11.1 Å². The molecular formula is C17H10Cl4N2O4. The summed E-state index contributed by atoms with van der Waals surface area (Å²) in [6.07, 6.45) is 0. The number of carbonyl (C=O) groups is 2. The molecule has 0 unspecified atom stereocenters. The molecule has 27 heavy (non-hydrogen) atoms. The Hall–Kier alpha value is -2.09. The van der Waals surface area contributed by atoms with Crippen molar-refractivity contribution in [2.24, 2.45) is 5.90 Å². The standard InChI is InChI=1S/C17H10Cl4N2O4/c1-8(16(24)9-2-4-11(18)13(20)6-9)15(23(26)27-22)17(25)10-3-5-12(19)14(21)7-10/h2-7H,1,22H2/b23-15+. The van der Waals surface area contributed by atoms with Crippen LogP contribution in [0.15, 0.2) is 48.6 Å². The summed E-state index contributed by atoms with van der Waals surface area (Å²) in [7, 11) is 0. The van der Waals surface area contributed by atoms with E-state index < -0.39 is 22.9 Å². The van der Waals surface area contributed by atoms with Gasteiger partial charge in [-0.1, -0.05) is 53.0 Å². The zero-order valence-corrected chi connectivity index (χ0v) is 16.4. The highest BCUT2D eigenvalue weighted by Crippen LogP contribution is 2.25. The van der Waals surface area contributed by atoms with E-state index in [2.05, 4.69) is 11.5 Å². The minimum absolute atomic E-state index is 0.0274. The lowest BCUT2D eigenvalue weighted by atomic mass is 9.95. The summed E-state index contributed by atoms with van der Waals surface area (Å²) in [5.41, 5.74) is -1.17. The van der Waals surface area contributed by atoms with Crippen LogP contribution in [-0.2, 0) is 4.94 Å². The molecule has 0 atom stereocenters. The van der Waals surface area contributed by atoms with E-state index in [9.17, 15) is 14.8 Å². The second-order valence-electron chi connectivity index (χ2n) is 5.11. The average Bonchev–Trinajstić information content (AvgIpc) is 2.65. The van der Waals surface area contributed by atoms with Gasteiger partial charge in [0.05, 0.1) is 30.6 Å². The minimum atomic E-state index is -0.896. The van der Waals surface area contributed by atoms with Crippen LogP contribution in [-0.4, -0.2) is 22.2 Å². The average molecular weight is 448 g/mol. The van der Waals surface area contributed by atoms with E-state index in [0.29, 0.717) is 0 Å². The third-order valence-electron chi connectivity index (χ3n) is 3.42. The summed E-state index contributed by atoms with van der Waals surface area (Å²) in [5.74, 6) is 3.22. The summed E-state index contributed by atoms with van der Waals surface area (Å²) >= 11 is 23.4. The number of Topliss-reactive ketones (excluding diaryl/α,β-unsaturated/α-hetero) is 2. The number of hydrogen-bond donors (Lipinski definition) is 1. The maximum Gasteiger partial charge on any atom is 0.327 e. The molecule has 0 aliphatic carbocycles. The van der Waals surface area contributed by atoms with Crippen molar-refractivity contribution in [3.05, 3.63) is 85.0 Å². The highest BCUT2D eigenvalue weighted by molar-refractivity contribution is 6.56. The lowest BCUT2D eigenvalue weighted by Crippen LogP contribution is -2.31. The number of halogens is 4. The van der Waals surface area contributed by atoms with Crippen LogP contribution in [0.2, 0.25) is 20.1 Å². The van der Waals surface area contributed by atoms with Gasteiger partial charge in [-0.25, -0.2) is 5.90 Å². The minimum Gasteiger partial charge on any atom is -0.323 e. The first-order chi connectivity index (χ1) is 12.7. The molecule has 0 saturated carbocycles. The number of nitrogens with zero attached hydrogens (tertiary/aromatic N) is 1. The van der Waals surface area contributed by atoms with Crippen molar-refractivity contribution in [1.29, 1.82) is 0 Å². The highest BCUT2D eigenvalue weighted by atomic mass is 35.5. The Bertz CT molecular complexity index is 989. The molecule has 2 aromatic rings. The largest absolute Gasteiger partial charge is 0.327 e. The fourth-order valence-electron chi connectivity index (χ4n) is 2.08. The number of allylic oxidation sites excluding steroid dienone is 1. The molecule has 0 bridgehead atoms. The summed E-state index contributed by atoms with van der Waals surface area (Å²) in [6.45, 7) is 3.52. The molecule has 2 rings (SSSR count). The van der Waals surface area contributed by atoms with Gasteiger partial charge in [0.2, 0.25) is 0 Å². The van der Waals surface area contributed by atoms with E-state index in [-0.39, 0.29) is 36.1 Å². The van der Waals surface area contributed by atoms with Gasteiger partial charge in [-0.2, -0.15) is 0 Å². The lowest BCUT2D eigenvalue weighted by molar-refractivity contribution is -0.744. The van der Waals surface area contributed by atoms with Gasteiger partial charge < -0.3 is 4.94 Å². The first-order valence-electron chi connectivity index (χ1n) is 7.07. The first-order valence-corrected chi connectivity index (χ1v) is 8.58. The van der Waals surface area contributed by atoms with E-state index in [4.69, 9.17) is 52.3 Å². The molecule has 0 aromatic heterocycles. The monoisotopic (exact) mass is 446 g/mol. The summed E-state index contributed by atoms with van der Waals surface area (Å²) < 4.78 is 0. The van der Waals surface area contributed by atoms with Gasteiger partial charge in [-0.15, -0.1) is 0 Å². The van der Waals surface area contributed by atoms with Gasteiger partial charge in [-0.3, -0.25) is 14.8 Å². The third-order valence-corrected chi connectivity index (χ3v) is 4.89. The third kappa shape index (κ3) is 4.61. The summed E-state index contributed by atoms with van der Waals surface area (Å²) in [5, 5.41) is 12.6. The van der Waals surface area contributed by atoms with Crippen LogP contribution in [0.3, 0.4) is 0 Å². The maximum absolute atomic E-state index is 12.7. The topological polar surface area (TPSA) is 95.5 Å². The Morgan fingerprint density at radius 1 is 0.889 bits per heavy atom. The van der Waals surface area contributed by atoms with Crippen molar-refractivity contribution < 1.29 is 19.4 Å². The smallest absolute Gasteiger partial charge is 0.323 e. The summed E-state index contributed by atoms with van der Waals surface area (Å²) in [6, 6.07) is 7.93. The van der Waals surface area contributed by atoms with Crippen molar-refractivity contribution in [2.75, 3.05) is 0 Å². The molecule has 6 nitrogen and oxygen atoms in total. The van der Waals surface area contributed by atoms with E-state index in [1.54, 1.807) is 0 Å². The lowest BCUT2D eigenvalue weighted by Gasteiger charge is -2.08. The van der Waals surface area contributed by atoms with Crippen LogP contribution in [0.5, 0.6) is 0 Å². The number of nitrogens with two attached hydrogens (primary N) is 1. The van der Waals surface area contributed by atoms with Crippen molar-refractivity contribution in [3.63, 3.8) is 0 Å². The molecular weight excluding hydrogens is 438 g/mol. The van der Waals surface area contributed by atoms with Crippen LogP contribution in [0.4, 0.5) is 0 Å². The predicted molar refractivity (Wildman–Crippen MR) is 105 cm³/mol. The van der Waals surface area contributed by atoms with Crippen LogP contribution in [0.25, 0.3) is 0 Å². The van der Waals surface area contributed by atoms with Crippen LogP contribution >= 0.6 is 46.4 Å². The Kier molecular flexibility index (Phi) is 6.86. The van der Waals surface area contributed by atoms with Crippen molar-refractivity contribution >= 4 is 63.7 Å². The summed E-state index contributed by atoms with van der Waals surface area (Å²) in [4.78, 5) is 29.1. The number of hydrogen-bond acceptors (Lipinski definition) is 5. The number of carbonyl (C=O) groups excluding carboxylic acids is 2. The number of rotatable bonds is 6. The van der Waals surface area contributed by atoms with E-state index in [0.717, 1.165) is 0 Å². The van der Waals surface area contributed by atoms with E-state index in [1.807, 2.05) is 0 Å². The van der Waals surface area contributed by atoms with Gasteiger partial charge in [0.1, 0.15) is 0 Å². The second-order valence-corrected chi connectivity index (χ2v) is 6.73. The van der Waals surface area contributed by atoms with E-state index in [1.165, 1.54) is 36.4 Å². The van der Waals surface area contributed by atoms with Crippen molar-refractivity contribution in [1.82, 2.24) is 0 Å². The Balaban J connectivity index is 2.48. The molecule has 140 valence electrons. The highest BCUT2D eigenvalue weighted by Gasteiger charge is 2.33. The molecule has 0 aliphatic heterocycles. The van der Waals surface area contributed by atoms with Crippen LogP contribution in [0, 0.1) is 5.21 Å². The fraction of sp³-hybridized carbons (Fsp3) is 0. The van der Waals surface area contributed by atoms with Crippen LogP contribution < -0.4 is 5.90 Å². The van der Waals surface area contributed by atoms with Gasteiger partial charge in [-0.05, 0) is 36.4 Å². The fourth-order valence-corrected chi connectivity index (χ4v) is 2.67. The van der Waals surface area contributed by atoms with Gasteiger partial charge >= 0.3 is 5.71 Å². The van der Waals surface area contributed by atoms with Crippen LogP contribution in [0.1, 0.15) is 20.7 Å². The predicted octanol–water partition coefficient (Wildman–Crippen LogP) is 4.68. The van der Waals surface area contributed by atoms with Gasteiger partial charge in [0.25, 0.3) is 5.78 Å². The maximum atomic E-state index is 12.7. The normalized spacial score (nSPS) is 11.6. The SMILES string of the molecule is C=C(C(=O)c1ccc(Cl)c(Cl)c1)/C(C(=O)c1ccc(Cl)c(Cl)c1)=[N+](/[O-])ON. The Labute approximate surface area is 173 Å². The molecule has 0 heterocycles. The molecule has 2 N–H and O–H groups in total. The Morgan fingerprint density at radius 3 is 1.74 bits per heavy atom. The zero-order chi connectivity index (χ0) is 20.3. The number of ketones is 2. The molecule has 0 amide bonds. The molecule has 0 radical (unpaired) electrons.